The Morgan fingerprint density at radius 2 is 1.79 bits per heavy atom. The lowest BCUT2D eigenvalue weighted by Gasteiger charge is -2.32. The molecule has 0 amide bonds. The first-order valence-electron chi connectivity index (χ1n) is 9.22. The van der Waals surface area contributed by atoms with Crippen molar-refractivity contribution in [2.45, 2.75) is 32.7 Å². The first-order valence-corrected chi connectivity index (χ1v) is 12.7. The van der Waals surface area contributed by atoms with Crippen LogP contribution in [0.25, 0.3) is 0 Å². The van der Waals surface area contributed by atoms with Gasteiger partial charge in [0.15, 0.2) is 11.5 Å². The van der Waals surface area contributed by atoms with Gasteiger partial charge in [-0.2, -0.15) is 0 Å². The van der Waals surface area contributed by atoms with Crippen molar-refractivity contribution in [1.29, 1.82) is 0 Å². The van der Waals surface area contributed by atoms with Crippen molar-refractivity contribution in [1.82, 2.24) is 0 Å². The Labute approximate surface area is 168 Å². The van der Waals surface area contributed by atoms with Crippen molar-refractivity contribution in [3.63, 3.8) is 0 Å². The van der Waals surface area contributed by atoms with E-state index < -0.39 is 8.07 Å². The molecule has 2 aromatic rings. The summed E-state index contributed by atoms with van der Waals surface area (Å²) in [5, 5.41) is 0. The second-order valence-electron chi connectivity index (χ2n) is 7.81. The molecule has 3 rings (SSSR count). The maximum absolute atomic E-state index is 6.61. The van der Waals surface area contributed by atoms with Gasteiger partial charge in [-0.3, -0.25) is 0 Å². The van der Waals surface area contributed by atoms with Crippen molar-refractivity contribution >= 4 is 25.8 Å². The van der Waals surface area contributed by atoms with E-state index in [1.807, 2.05) is 29.2 Å². The number of aliphatic imine (C=N–C) groups is 1. The second-order valence-corrected chi connectivity index (χ2v) is 12.6. The molecule has 1 atom stereocenters. The van der Waals surface area contributed by atoms with Crippen LogP contribution in [0.2, 0.25) is 19.6 Å². The summed E-state index contributed by atoms with van der Waals surface area (Å²) in [4.78, 5) is 6.57. The number of nitrogens with two attached hydrogens (primary N) is 1. The van der Waals surface area contributed by atoms with E-state index in [1.54, 1.807) is 20.6 Å². The van der Waals surface area contributed by atoms with Crippen LogP contribution in [-0.2, 0) is 0 Å². The van der Waals surface area contributed by atoms with Gasteiger partial charge in [0.1, 0.15) is 14.2 Å². The number of nitrogens with zero attached hydrogens (tertiary/aromatic N) is 2. The Morgan fingerprint density at radius 1 is 1.11 bits per heavy atom. The zero-order chi connectivity index (χ0) is 20.5. The number of fused-ring (bicyclic) bond motifs is 1. The van der Waals surface area contributed by atoms with Gasteiger partial charge in [-0.1, -0.05) is 31.6 Å². The van der Waals surface area contributed by atoms with Crippen LogP contribution in [0.15, 0.2) is 35.3 Å². The highest BCUT2D eigenvalue weighted by atomic mass is 28.3. The zero-order valence-corrected chi connectivity index (χ0v) is 18.3. The Hall–Kier alpha value is -2.75. The van der Waals surface area contributed by atoms with Crippen LogP contribution in [0.4, 0.5) is 11.4 Å². The number of benzene rings is 2. The van der Waals surface area contributed by atoms with Gasteiger partial charge in [-0.15, -0.1) is 5.54 Å². The Morgan fingerprint density at radius 3 is 2.43 bits per heavy atom. The quantitative estimate of drug-likeness (QED) is 0.621. The minimum Gasteiger partial charge on any atom is -0.493 e. The highest BCUT2D eigenvalue weighted by Crippen LogP contribution is 2.41. The molecule has 0 aliphatic carbocycles. The SMILES string of the molecule is COc1cc2c(cc1OC)C(N)N(c1cccc(C#C[Si](C)(C)C)c1C)C=N2. The van der Waals surface area contributed by atoms with Crippen LogP contribution in [0.5, 0.6) is 11.5 Å². The maximum atomic E-state index is 6.61. The Bertz CT molecular complexity index is 984. The molecule has 2 N–H and O–H groups in total. The Balaban J connectivity index is 2.03. The van der Waals surface area contributed by atoms with Gasteiger partial charge in [-0.05, 0) is 30.7 Å². The van der Waals surface area contributed by atoms with Gasteiger partial charge in [-0.25, -0.2) is 4.99 Å². The van der Waals surface area contributed by atoms with Crippen molar-refractivity contribution in [2.24, 2.45) is 10.7 Å². The molecular formula is C22H27N3O2Si. The van der Waals surface area contributed by atoms with Crippen LogP contribution < -0.4 is 20.1 Å². The van der Waals surface area contributed by atoms with Gasteiger partial charge in [0, 0.05) is 22.9 Å². The zero-order valence-electron chi connectivity index (χ0n) is 17.3. The summed E-state index contributed by atoms with van der Waals surface area (Å²) in [7, 11) is 1.77. The number of rotatable bonds is 3. The summed E-state index contributed by atoms with van der Waals surface area (Å²) in [6.07, 6.45) is 1.39. The first-order chi connectivity index (χ1) is 13.2. The molecule has 146 valence electrons. The minimum absolute atomic E-state index is 0.383. The molecule has 1 unspecified atom stereocenters. The fraction of sp³-hybridized carbons (Fsp3) is 0.318. The van der Waals surface area contributed by atoms with E-state index in [-0.39, 0.29) is 6.17 Å². The number of methoxy groups -OCH3 is 2. The van der Waals surface area contributed by atoms with Gasteiger partial charge < -0.3 is 20.1 Å². The Kier molecular flexibility index (Phi) is 5.50. The molecule has 28 heavy (non-hydrogen) atoms. The average molecular weight is 394 g/mol. The van der Waals surface area contributed by atoms with Gasteiger partial charge >= 0.3 is 0 Å². The molecule has 0 fully saturated rings. The lowest BCUT2D eigenvalue weighted by atomic mass is 10.0. The van der Waals surface area contributed by atoms with Crippen molar-refractivity contribution < 1.29 is 9.47 Å². The smallest absolute Gasteiger partial charge is 0.162 e. The fourth-order valence-electron chi connectivity index (χ4n) is 3.08. The lowest BCUT2D eigenvalue weighted by molar-refractivity contribution is 0.354. The molecule has 1 aliphatic heterocycles. The van der Waals surface area contributed by atoms with E-state index in [0.29, 0.717) is 11.5 Å². The molecule has 0 bridgehead atoms. The highest BCUT2D eigenvalue weighted by molar-refractivity contribution is 6.83. The standard InChI is InChI=1S/C22H27N3O2Si/c1-15-16(10-11-28(4,5)6)8-7-9-19(15)25-14-24-18-13-21(27-3)20(26-2)12-17(18)22(25)23/h7-9,12-14,22H,23H2,1-6H3. The minimum atomic E-state index is -1.45. The highest BCUT2D eigenvalue weighted by Gasteiger charge is 2.26. The molecule has 1 aliphatic rings. The van der Waals surface area contributed by atoms with Crippen LogP contribution in [0.1, 0.15) is 22.9 Å². The summed E-state index contributed by atoms with van der Waals surface area (Å²) < 4.78 is 10.8. The molecule has 2 aromatic carbocycles. The first kappa shape index (κ1) is 20.0. The molecule has 6 heteroatoms. The number of ether oxygens (including phenoxy) is 2. The maximum Gasteiger partial charge on any atom is 0.162 e. The number of hydrogen-bond donors (Lipinski definition) is 1. The molecule has 0 spiro atoms. The topological polar surface area (TPSA) is 60.1 Å². The third kappa shape index (κ3) is 3.91. The third-order valence-corrected chi connectivity index (χ3v) is 5.50. The molecule has 5 nitrogen and oxygen atoms in total. The second kappa shape index (κ2) is 7.70. The van der Waals surface area contributed by atoms with Crippen LogP contribution in [0, 0.1) is 18.4 Å². The summed E-state index contributed by atoms with van der Waals surface area (Å²) >= 11 is 0. The molecule has 0 radical (unpaired) electrons. The summed E-state index contributed by atoms with van der Waals surface area (Å²) in [6, 6.07) is 9.87. The van der Waals surface area contributed by atoms with Gasteiger partial charge in [0.25, 0.3) is 0 Å². The summed E-state index contributed by atoms with van der Waals surface area (Å²) in [5.41, 5.74) is 14.8. The largest absolute Gasteiger partial charge is 0.493 e. The molecular weight excluding hydrogens is 366 g/mol. The van der Waals surface area contributed by atoms with Crippen molar-refractivity contribution in [3.05, 3.63) is 47.0 Å². The predicted molar refractivity (Wildman–Crippen MR) is 119 cm³/mol. The summed E-state index contributed by atoms with van der Waals surface area (Å²) in [6.45, 7) is 8.80. The molecule has 0 aromatic heterocycles. The lowest BCUT2D eigenvalue weighted by Crippen LogP contribution is -2.36. The average Bonchev–Trinajstić information content (AvgIpc) is 2.66. The molecule has 0 saturated heterocycles. The van der Waals surface area contributed by atoms with E-state index in [0.717, 1.165) is 28.1 Å². The predicted octanol–water partition coefficient (Wildman–Crippen LogP) is 4.38. The number of anilines is 1. The number of hydrogen-bond acceptors (Lipinski definition) is 5. The van der Waals surface area contributed by atoms with Crippen molar-refractivity contribution in [3.8, 4) is 23.0 Å². The third-order valence-electron chi connectivity index (χ3n) is 4.63. The monoisotopic (exact) mass is 393 g/mol. The fourth-order valence-corrected chi connectivity index (χ4v) is 3.59. The van der Waals surface area contributed by atoms with E-state index in [2.05, 4.69) is 49.1 Å². The van der Waals surface area contributed by atoms with E-state index in [1.165, 1.54) is 0 Å². The summed E-state index contributed by atoms with van der Waals surface area (Å²) in [5.74, 6) is 4.64. The van der Waals surface area contributed by atoms with Crippen molar-refractivity contribution in [2.75, 3.05) is 19.1 Å². The van der Waals surface area contributed by atoms with E-state index in [4.69, 9.17) is 15.2 Å². The van der Waals surface area contributed by atoms with E-state index >= 15 is 0 Å². The van der Waals surface area contributed by atoms with Crippen LogP contribution in [0.3, 0.4) is 0 Å². The normalized spacial score (nSPS) is 15.5. The van der Waals surface area contributed by atoms with Gasteiger partial charge in [0.05, 0.1) is 26.2 Å². The van der Waals surface area contributed by atoms with E-state index in [9.17, 15) is 0 Å². The van der Waals surface area contributed by atoms with Crippen LogP contribution in [-0.4, -0.2) is 28.6 Å². The molecule has 0 saturated carbocycles. The van der Waals surface area contributed by atoms with Gasteiger partial charge in [0.2, 0.25) is 0 Å². The van der Waals surface area contributed by atoms with Crippen LogP contribution >= 0.6 is 0 Å². The molecule has 1 heterocycles.